The predicted molar refractivity (Wildman–Crippen MR) is 117 cm³/mol. The molecule has 3 aromatic carbocycles. The van der Waals surface area contributed by atoms with E-state index < -0.39 is 10.0 Å². The van der Waals surface area contributed by atoms with E-state index >= 15 is 0 Å². The van der Waals surface area contributed by atoms with Gasteiger partial charge in [0.25, 0.3) is 5.91 Å². The second-order valence-corrected chi connectivity index (χ2v) is 9.12. The highest BCUT2D eigenvalue weighted by Gasteiger charge is 2.14. The highest BCUT2D eigenvalue weighted by molar-refractivity contribution is 7.91. The molecule has 0 fully saturated rings. The zero-order valence-electron chi connectivity index (χ0n) is 15.2. The topological polar surface area (TPSA) is 88.2 Å². The van der Waals surface area contributed by atoms with Crippen molar-refractivity contribution < 1.29 is 13.2 Å². The van der Waals surface area contributed by atoms with Gasteiger partial charge in [-0.25, -0.2) is 13.4 Å². The lowest BCUT2D eigenvalue weighted by Gasteiger charge is -2.08. The molecule has 0 saturated carbocycles. The van der Waals surface area contributed by atoms with E-state index in [1.54, 1.807) is 66.7 Å². The number of amides is 1. The van der Waals surface area contributed by atoms with Gasteiger partial charge in [0.05, 0.1) is 21.7 Å². The summed E-state index contributed by atoms with van der Waals surface area (Å²) in [6.07, 6.45) is 0. The Kier molecular flexibility index (Phi) is 5.28. The summed E-state index contributed by atoms with van der Waals surface area (Å²) in [5, 5.41) is 3.23. The Balaban J connectivity index is 1.50. The molecule has 29 heavy (non-hydrogen) atoms. The standard InChI is InChI=1S/C21H17N3O3S2/c25-20(16-9-5-2-6-10-16)23-21-22-18-13-17(11-12-19(18)28-21)24-29(26,27)14-15-7-3-1-4-8-15/h1-13,24H,14H2,(H,22,23,25). The highest BCUT2D eigenvalue weighted by atomic mass is 32.2. The van der Waals surface area contributed by atoms with Crippen molar-refractivity contribution in [3.63, 3.8) is 0 Å². The molecule has 8 heteroatoms. The first-order valence-corrected chi connectivity index (χ1v) is 11.3. The fourth-order valence-electron chi connectivity index (χ4n) is 2.81. The average Bonchev–Trinajstić information content (AvgIpc) is 3.10. The minimum Gasteiger partial charge on any atom is -0.298 e. The van der Waals surface area contributed by atoms with Crippen LogP contribution in [0.5, 0.6) is 0 Å². The molecule has 4 rings (SSSR count). The van der Waals surface area contributed by atoms with Crippen LogP contribution < -0.4 is 10.0 Å². The molecular weight excluding hydrogens is 406 g/mol. The molecule has 1 amide bonds. The van der Waals surface area contributed by atoms with Crippen molar-refractivity contribution in [2.75, 3.05) is 10.0 Å². The monoisotopic (exact) mass is 423 g/mol. The van der Waals surface area contributed by atoms with Gasteiger partial charge in [-0.3, -0.25) is 14.8 Å². The van der Waals surface area contributed by atoms with E-state index in [1.807, 2.05) is 12.1 Å². The molecule has 0 bridgehead atoms. The maximum atomic E-state index is 12.4. The van der Waals surface area contributed by atoms with E-state index in [4.69, 9.17) is 0 Å². The summed E-state index contributed by atoms with van der Waals surface area (Å²) < 4.78 is 28.3. The number of carbonyl (C=O) groups is 1. The SMILES string of the molecule is O=C(Nc1nc2cc(NS(=O)(=O)Cc3ccccc3)ccc2s1)c1ccccc1. The van der Waals surface area contributed by atoms with Gasteiger partial charge in [-0.15, -0.1) is 0 Å². The Hall–Kier alpha value is -3.23. The number of sulfonamides is 1. The van der Waals surface area contributed by atoms with Crippen LogP contribution in [-0.2, 0) is 15.8 Å². The zero-order chi connectivity index (χ0) is 20.3. The maximum Gasteiger partial charge on any atom is 0.257 e. The molecule has 0 unspecified atom stereocenters. The summed E-state index contributed by atoms with van der Waals surface area (Å²) in [6.45, 7) is 0. The third kappa shape index (κ3) is 4.79. The second-order valence-electron chi connectivity index (χ2n) is 6.37. The number of anilines is 2. The summed E-state index contributed by atoms with van der Waals surface area (Å²) in [4.78, 5) is 16.7. The van der Waals surface area contributed by atoms with Crippen molar-refractivity contribution in [1.82, 2.24) is 4.98 Å². The number of rotatable bonds is 6. The van der Waals surface area contributed by atoms with Crippen LogP contribution in [0.3, 0.4) is 0 Å². The van der Waals surface area contributed by atoms with Crippen LogP contribution >= 0.6 is 11.3 Å². The number of thiazole rings is 1. The van der Waals surface area contributed by atoms with Gasteiger partial charge in [0, 0.05) is 5.56 Å². The van der Waals surface area contributed by atoms with Crippen molar-refractivity contribution in [2.45, 2.75) is 5.75 Å². The van der Waals surface area contributed by atoms with Gasteiger partial charge >= 0.3 is 0 Å². The molecule has 0 radical (unpaired) electrons. The van der Waals surface area contributed by atoms with Gasteiger partial charge in [-0.1, -0.05) is 59.9 Å². The third-order valence-electron chi connectivity index (χ3n) is 4.12. The van der Waals surface area contributed by atoms with Crippen LogP contribution in [0, 0.1) is 0 Å². The van der Waals surface area contributed by atoms with Crippen LogP contribution in [0.1, 0.15) is 15.9 Å². The van der Waals surface area contributed by atoms with Gasteiger partial charge < -0.3 is 0 Å². The van der Waals surface area contributed by atoms with E-state index in [0.717, 1.165) is 4.70 Å². The number of carbonyl (C=O) groups excluding carboxylic acids is 1. The Morgan fingerprint density at radius 3 is 2.34 bits per heavy atom. The molecule has 4 aromatic rings. The van der Waals surface area contributed by atoms with Crippen LogP contribution in [0.2, 0.25) is 0 Å². The number of nitrogens with zero attached hydrogens (tertiary/aromatic N) is 1. The molecule has 1 heterocycles. The van der Waals surface area contributed by atoms with Gasteiger partial charge in [0.15, 0.2) is 5.13 Å². The molecule has 146 valence electrons. The Labute approximate surface area is 172 Å². The molecule has 0 saturated heterocycles. The normalized spacial score (nSPS) is 11.3. The summed E-state index contributed by atoms with van der Waals surface area (Å²) >= 11 is 1.33. The summed E-state index contributed by atoms with van der Waals surface area (Å²) in [5.74, 6) is -0.352. The zero-order valence-corrected chi connectivity index (χ0v) is 16.8. The van der Waals surface area contributed by atoms with Crippen LogP contribution in [-0.4, -0.2) is 19.3 Å². The van der Waals surface area contributed by atoms with E-state index in [-0.39, 0.29) is 11.7 Å². The van der Waals surface area contributed by atoms with E-state index in [9.17, 15) is 13.2 Å². The minimum absolute atomic E-state index is 0.110. The third-order valence-corrected chi connectivity index (χ3v) is 6.33. The Morgan fingerprint density at radius 1 is 0.931 bits per heavy atom. The average molecular weight is 424 g/mol. The molecule has 0 aliphatic heterocycles. The molecular formula is C21H17N3O3S2. The van der Waals surface area contributed by atoms with Gasteiger partial charge in [-0.05, 0) is 35.9 Å². The van der Waals surface area contributed by atoms with Gasteiger partial charge in [-0.2, -0.15) is 0 Å². The minimum atomic E-state index is -3.55. The number of benzene rings is 3. The van der Waals surface area contributed by atoms with E-state index in [2.05, 4.69) is 15.0 Å². The van der Waals surface area contributed by atoms with Crippen molar-refractivity contribution in [1.29, 1.82) is 0 Å². The molecule has 1 aromatic heterocycles. The Bertz CT molecular complexity index is 1250. The molecule has 0 aliphatic rings. The first-order valence-electron chi connectivity index (χ1n) is 8.80. The molecule has 0 aliphatic carbocycles. The number of hydrogen-bond donors (Lipinski definition) is 2. The smallest absolute Gasteiger partial charge is 0.257 e. The number of aromatic nitrogens is 1. The van der Waals surface area contributed by atoms with Crippen molar-refractivity contribution in [2.24, 2.45) is 0 Å². The van der Waals surface area contributed by atoms with Crippen LogP contribution in [0.25, 0.3) is 10.2 Å². The highest BCUT2D eigenvalue weighted by Crippen LogP contribution is 2.29. The summed E-state index contributed by atoms with van der Waals surface area (Å²) in [7, 11) is -3.55. The summed E-state index contributed by atoms with van der Waals surface area (Å²) in [5.41, 5.74) is 2.29. The molecule has 6 nitrogen and oxygen atoms in total. The molecule has 0 atom stereocenters. The number of hydrogen-bond acceptors (Lipinski definition) is 5. The predicted octanol–water partition coefficient (Wildman–Crippen LogP) is 4.49. The largest absolute Gasteiger partial charge is 0.298 e. The lowest BCUT2D eigenvalue weighted by atomic mass is 10.2. The van der Waals surface area contributed by atoms with E-state index in [1.165, 1.54) is 11.3 Å². The van der Waals surface area contributed by atoms with Crippen LogP contribution in [0.15, 0.2) is 78.9 Å². The maximum absolute atomic E-state index is 12.4. The fraction of sp³-hybridized carbons (Fsp3) is 0.0476. The van der Waals surface area contributed by atoms with Gasteiger partial charge in [0.2, 0.25) is 10.0 Å². The number of nitrogens with one attached hydrogen (secondary N) is 2. The van der Waals surface area contributed by atoms with Crippen molar-refractivity contribution in [3.05, 3.63) is 90.0 Å². The molecule has 2 N–H and O–H groups in total. The fourth-order valence-corrected chi connectivity index (χ4v) is 4.84. The van der Waals surface area contributed by atoms with Crippen molar-refractivity contribution in [3.8, 4) is 0 Å². The van der Waals surface area contributed by atoms with Crippen LogP contribution in [0.4, 0.5) is 10.8 Å². The van der Waals surface area contributed by atoms with Gasteiger partial charge in [0.1, 0.15) is 0 Å². The lowest BCUT2D eigenvalue weighted by molar-refractivity contribution is 0.102. The summed E-state index contributed by atoms with van der Waals surface area (Å²) in [6, 6.07) is 23.0. The second kappa shape index (κ2) is 8.02. The first-order chi connectivity index (χ1) is 14.0. The quantitative estimate of drug-likeness (QED) is 0.478. The van der Waals surface area contributed by atoms with Crippen molar-refractivity contribution >= 4 is 48.3 Å². The first kappa shape index (κ1) is 19.1. The van der Waals surface area contributed by atoms with E-state index in [0.29, 0.717) is 27.5 Å². The Morgan fingerprint density at radius 2 is 1.62 bits per heavy atom. The molecule has 0 spiro atoms. The lowest BCUT2D eigenvalue weighted by Crippen LogP contribution is -2.14. The number of fused-ring (bicyclic) bond motifs is 1.